The molecule has 0 atom stereocenters. The maximum Gasteiger partial charge on any atom is 0.317 e. The molecule has 4 nitrogen and oxygen atoms in total. The molecule has 0 saturated carbocycles. The lowest BCUT2D eigenvalue weighted by Gasteiger charge is -2.19. The summed E-state index contributed by atoms with van der Waals surface area (Å²) in [4.78, 5) is 12.7. The van der Waals surface area contributed by atoms with Gasteiger partial charge in [-0.05, 0) is 30.7 Å². The first kappa shape index (κ1) is 16.5. The van der Waals surface area contributed by atoms with Crippen molar-refractivity contribution < 1.29 is 14.6 Å². The van der Waals surface area contributed by atoms with E-state index < -0.39 is 5.97 Å². The minimum absolute atomic E-state index is 0.0280. The Balaban J connectivity index is 2.72. The zero-order valence-electron chi connectivity index (χ0n) is 11.6. The van der Waals surface area contributed by atoms with Crippen molar-refractivity contribution in [3.8, 4) is 5.75 Å². The van der Waals surface area contributed by atoms with E-state index in [4.69, 9.17) is 21.4 Å². The van der Waals surface area contributed by atoms with E-state index in [-0.39, 0.29) is 6.54 Å². The van der Waals surface area contributed by atoms with Crippen LogP contribution in [0.25, 0.3) is 0 Å². The Morgan fingerprint density at radius 1 is 1.55 bits per heavy atom. The van der Waals surface area contributed by atoms with Gasteiger partial charge in [0.15, 0.2) is 0 Å². The topological polar surface area (TPSA) is 49.8 Å². The third-order valence-electron chi connectivity index (χ3n) is 2.66. The first-order valence-corrected chi connectivity index (χ1v) is 6.90. The molecule has 1 N–H and O–H groups in total. The minimum Gasteiger partial charge on any atom is -0.488 e. The van der Waals surface area contributed by atoms with Crippen molar-refractivity contribution in [1.29, 1.82) is 0 Å². The highest BCUT2D eigenvalue weighted by Crippen LogP contribution is 2.26. The smallest absolute Gasteiger partial charge is 0.317 e. The molecule has 0 aliphatic carbocycles. The molecule has 5 heteroatoms. The van der Waals surface area contributed by atoms with Crippen LogP contribution in [0.3, 0.4) is 0 Å². The largest absolute Gasteiger partial charge is 0.488 e. The number of hydrogen-bond donors (Lipinski definition) is 1. The Kier molecular flexibility index (Phi) is 7.12. The second kappa shape index (κ2) is 8.61. The number of carboxylic acid groups (broad SMARTS) is 1. The molecule has 0 amide bonds. The molecule has 1 aromatic carbocycles. The van der Waals surface area contributed by atoms with E-state index in [0.717, 1.165) is 18.5 Å². The SMILES string of the molecule is C=CCOc1ccc(CN(CCC)CC(=O)O)cc1Cl. The molecular weight excluding hydrogens is 278 g/mol. The average Bonchev–Trinajstić information content (AvgIpc) is 2.37. The van der Waals surface area contributed by atoms with Crippen LogP contribution in [0.1, 0.15) is 18.9 Å². The second-order valence-corrected chi connectivity index (χ2v) is 4.88. The van der Waals surface area contributed by atoms with Crippen molar-refractivity contribution in [2.45, 2.75) is 19.9 Å². The molecular formula is C15H20ClNO3. The minimum atomic E-state index is -0.824. The number of carboxylic acids is 1. The van der Waals surface area contributed by atoms with Crippen molar-refractivity contribution in [2.24, 2.45) is 0 Å². The van der Waals surface area contributed by atoms with E-state index in [1.54, 1.807) is 12.1 Å². The quantitative estimate of drug-likeness (QED) is 0.711. The summed E-state index contributed by atoms with van der Waals surface area (Å²) in [7, 11) is 0. The molecule has 0 unspecified atom stereocenters. The number of hydrogen-bond acceptors (Lipinski definition) is 3. The van der Waals surface area contributed by atoms with Crippen LogP contribution in [-0.2, 0) is 11.3 Å². The van der Waals surface area contributed by atoms with E-state index in [1.165, 1.54) is 0 Å². The number of nitrogens with zero attached hydrogens (tertiary/aromatic N) is 1. The standard InChI is InChI=1S/C15H20ClNO3/c1-3-7-17(11-15(18)19)10-12-5-6-14(13(16)9-12)20-8-4-2/h4-6,9H,2-3,7-8,10-11H2,1H3,(H,18,19). The maximum absolute atomic E-state index is 10.8. The Morgan fingerprint density at radius 3 is 2.85 bits per heavy atom. The van der Waals surface area contributed by atoms with Crippen LogP contribution in [0.2, 0.25) is 5.02 Å². The van der Waals surface area contributed by atoms with Gasteiger partial charge in [0.05, 0.1) is 11.6 Å². The first-order valence-electron chi connectivity index (χ1n) is 6.53. The molecule has 0 heterocycles. The maximum atomic E-state index is 10.8. The van der Waals surface area contributed by atoms with Crippen LogP contribution in [0.5, 0.6) is 5.75 Å². The Labute approximate surface area is 124 Å². The first-order chi connectivity index (χ1) is 9.56. The highest BCUT2D eigenvalue weighted by Gasteiger charge is 2.10. The number of halogens is 1. The lowest BCUT2D eigenvalue weighted by atomic mass is 10.2. The number of aliphatic carboxylic acids is 1. The number of benzene rings is 1. The monoisotopic (exact) mass is 297 g/mol. The predicted octanol–water partition coefficient (Wildman–Crippen LogP) is 3.20. The fourth-order valence-corrected chi connectivity index (χ4v) is 2.15. The van der Waals surface area contributed by atoms with E-state index in [1.807, 2.05) is 24.0 Å². The lowest BCUT2D eigenvalue weighted by Crippen LogP contribution is -2.30. The Hall–Kier alpha value is -1.52. The highest BCUT2D eigenvalue weighted by atomic mass is 35.5. The summed E-state index contributed by atoms with van der Waals surface area (Å²) in [6, 6.07) is 5.51. The fourth-order valence-electron chi connectivity index (χ4n) is 1.89. The summed E-state index contributed by atoms with van der Waals surface area (Å²) in [6.45, 7) is 7.32. The fraction of sp³-hybridized carbons (Fsp3) is 0.400. The number of carbonyl (C=O) groups is 1. The second-order valence-electron chi connectivity index (χ2n) is 4.47. The van der Waals surface area contributed by atoms with Crippen molar-refractivity contribution in [3.05, 3.63) is 41.4 Å². The molecule has 0 aromatic heterocycles. The number of rotatable bonds is 9. The van der Waals surface area contributed by atoms with Gasteiger partial charge >= 0.3 is 5.97 Å². The van der Waals surface area contributed by atoms with Gasteiger partial charge in [-0.2, -0.15) is 0 Å². The zero-order chi connectivity index (χ0) is 15.0. The van der Waals surface area contributed by atoms with Crippen LogP contribution in [0.4, 0.5) is 0 Å². The van der Waals surface area contributed by atoms with Gasteiger partial charge in [-0.1, -0.05) is 37.2 Å². The van der Waals surface area contributed by atoms with Crippen LogP contribution in [-0.4, -0.2) is 35.7 Å². The van der Waals surface area contributed by atoms with Gasteiger partial charge in [-0.3, -0.25) is 9.69 Å². The van der Waals surface area contributed by atoms with Gasteiger partial charge in [0.25, 0.3) is 0 Å². The van der Waals surface area contributed by atoms with E-state index in [2.05, 4.69) is 6.58 Å². The molecule has 0 aliphatic heterocycles. The predicted molar refractivity (Wildman–Crippen MR) is 80.3 cm³/mol. The molecule has 1 aromatic rings. The molecule has 0 spiro atoms. The van der Waals surface area contributed by atoms with E-state index in [0.29, 0.717) is 23.9 Å². The van der Waals surface area contributed by atoms with Crippen molar-refractivity contribution in [1.82, 2.24) is 4.90 Å². The van der Waals surface area contributed by atoms with Gasteiger partial charge in [0.1, 0.15) is 12.4 Å². The molecule has 0 bridgehead atoms. The van der Waals surface area contributed by atoms with Gasteiger partial charge in [-0.25, -0.2) is 0 Å². The van der Waals surface area contributed by atoms with E-state index in [9.17, 15) is 4.79 Å². The summed E-state index contributed by atoms with van der Waals surface area (Å²) in [5.74, 6) is -0.217. The normalized spacial score (nSPS) is 10.6. The summed E-state index contributed by atoms with van der Waals surface area (Å²) < 4.78 is 5.40. The summed E-state index contributed by atoms with van der Waals surface area (Å²) >= 11 is 6.14. The molecule has 0 saturated heterocycles. The van der Waals surface area contributed by atoms with Gasteiger partial charge in [-0.15, -0.1) is 0 Å². The summed E-state index contributed by atoms with van der Waals surface area (Å²) in [5.41, 5.74) is 0.968. The summed E-state index contributed by atoms with van der Waals surface area (Å²) in [5, 5.41) is 9.41. The lowest BCUT2D eigenvalue weighted by molar-refractivity contribution is -0.138. The van der Waals surface area contributed by atoms with Gasteiger partial charge in [0, 0.05) is 6.54 Å². The van der Waals surface area contributed by atoms with Crippen molar-refractivity contribution >= 4 is 17.6 Å². The molecule has 110 valence electrons. The van der Waals surface area contributed by atoms with Crippen molar-refractivity contribution in [2.75, 3.05) is 19.7 Å². The van der Waals surface area contributed by atoms with Crippen molar-refractivity contribution in [3.63, 3.8) is 0 Å². The summed E-state index contributed by atoms with van der Waals surface area (Å²) in [6.07, 6.45) is 2.56. The van der Waals surface area contributed by atoms with E-state index >= 15 is 0 Å². The van der Waals surface area contributed by atoms with Crippen LogP contribution in [0.15, 0.2) is 30.9 Å². The van der Waals surface area contributed by atoms with Crippen LogP contribution < -0.4 is 4.74 Å². The zero-order valence-corrected chi connectivity index (χ0v) is 12.4. The van der Waals surface area contributed by atoms with Gasteiger partial charge < -0.3 is 9.84 Å². The third kappa shape index (κ3) is 5.63. The van der Waals surface area contributed by atoms with Crippen LogP contribution in [0, 0.1) is 0 Å². The molecule has 1 rings (SSSR count). The number of ether oxygens (including phenoxy) is 1. The molecule has 0 aliphatic rings. The van der Waals surface area contributed by atoms with Crippen LogP contribution >= 0.6 is 11.6 Å². The average molecular weight is 298 g/mol. The third-order valence-corrected chi connectivity index (χ3v) is 2.95. The molecule has 0 fully saturated rings. The molecule has 0 radical (unpaired) electrons. The Bertz CT molecular complexity index is 462. The van der Waals surface area contributed by atoms with Gasteiger partial charge in [0.2, 0.25) is 0 Å². The molecule has 20 heavy (non-hydrogen) atoms. The Morgan fingerprint density at radius 2 is 2.30 bits per heavy atom. The highest BCUT2D eigenvalue weighted by molar-refractivity contribution is 6.32.